The number of benzene rings is 2. The van der Waals surface area contributed by atoms with Gasteiger partial charge in [0.15, 0.2) is 18.2 Å². The topological polar surface area (TPSA) is 184 Å². The van der Waals surface area contributed by atoms with Gasteiger partial charge in [0.2, 0.25) is 17.8 Å². The number of likely N-dealkylation sites (N-methyl/N-ethyl adjacent to an activating group) is 1. The highest BCUT2D eigenvalue weighted by molar-refractivity contribution is 6.33. The molecule has 1 unspecified atom stereocenters. The minimum absolute atomic E-state index is 0.00198. The van der Waals surface area contributed by atoms with Crippen molar-refractivity contribution in [2.24, 2.45) is 11.3 Å². The van der Waals surface area contributed by atoms with E-state index >= 15 is 0 Å². The van der Waals surface area contributed by atoms with E-state index in [4.69, 9.17) is 26.1 Å². The third kappa shape index (κ3) is 8.28. The van der Waals surface area contributed by atoms with Crippen molar-refractivity contribution in [2.75, 3.05) is 75.1 Å². The summed E-state index contributed by atoms with van der Waals surface area (Å²) >= 11 is 6.67. The predicted molar refractivity (Wildman–Crippen MR) is 252 cm³/mol. The van der Waals surface area contributed by atoms with Crippen LogP contribution >= 0.6 is 11.6 Å². The Bertz CT molecular complexity index is 2650. The number of aromatic nitrogens is 3. The number of anilines is 4. The second-order valence-electron chi connectivity index (χ2n) is 19.3. The van der Waals surface area contributed by atoms with Crippen LogP contribution in [-0.2, 0) is 20.9 Å². The summed E-state index contributed by atoms with van der Waals surface area (Å²) in [5.41, 5.74) is 3.77. The number of carbonyl (C=O) groups is 4. The van der Waals surface area contributed by atoms with Gasteiger partial charge in [-0.25, -0.2) is 4.98 Å². The zero-order valence-electron chi connectivity index (χ0n) is 38.5. The molecule has 0 aliphatic carbocycles. The van der Waals surface area contributed by atoms with Crippen molar-refractivity contribution in [3.8, 4) is 11.5 Å². The Kier molecular flexibility index (Phi) is 12.1. The van der Waals surface area contributed by atoms with Crippen LogP contribution in [-0.4, -0.2) is 120 Å². The second-order valence-corrected chi connectivity index (χ2v) is 19.7. The van der Waals surface area contributed by atoms with E-state index in [1.165, 1.54) is 7.05 Å². The van der Waals surface area contributed by atoms with Gasteiger partial charge in [0, 0.05) is 85.4 Å². The molecule has 0 bridgehead atoms. The van der Waals surface area contributed by atoms with Crippen LogP contribution < -0.4 is 40.8 Å². The average Bonchev–Trinajstić information content (AvgIpc) is 3.63. The van der Waals surface area contributed by atoms with Gasteiger partial charge in [0.25, 0.3) is 17.4 Å². The maximum Gasteiger partial charge on any atom is 0.293 e. The molecule has 9 rings (SSSR count). The van der Waals surface area contributed by atoms with Crippen LogP contribution in [0.25, 0.3) is 10.9 Å². The molecule has 3 N–H and O–H groups in total. The number of amides is 4. The molecular formula is C48H59ClN10O7. The Balaban J connectivity index is 0.813. The number of methoxy groups -OCH3 is 1. The molecule has 66 heavy (non-hydrogen) atoms. The van der Waals surface area contributed by atoms with Crippen LogP contribution in [0.3, 0.4) is 0 Å². The average molecular weight is 924 g/mol. The molecule has 2 aromatic carbocycles. The first-order valence-electron chi connectivity index (χ1n) is 23.0. The molecule has 0 radical (unpaired) electrons. The maximum atomic E-state index is 13.6. The summed E-state index contributed by atoms with van der Waals surface area (Å²) in [5, 5.41) is 9.42. The highest BCUT2D eigenvalue weighted by Gasteiger charge is 2.50. The summed E-state index contributed by atoms with van der Waals surface area (Å²) in [6, 6.07) is 10.2. The van der Waals surface area contributed by atoms with Gasteiger partial charge < -0.3 is 39.4 Å². The number of rotatable bonds is 12. The standard InChI is InChI=1S/C48H59ClN10O7/c1-28(2)59-35-9-7-31(21-29(35)22-38(45(59)64)66-25-40(61)50-5)52-42-34(49)23-51-46(54-42)55-17-13-30(14-18-55)47(3,4)57-19-15-48(16-20-57)26-56(27-48)41-33-24-58(36-10-12-39(60)53-43(36)62)44(63)32(33)8-11-37(41)65-6/h7-9,11,21-23,28,30,36H,10,12-20,24-27H2,1-6H3,(H,50,61)(H,51,52,54)(H,53,60,62). The summed E-state index contributed by atoms with van der Waals surface area (Å²) in [5.74, 6) is 1.18. The van der Waals surface area contributed by atoms with E-state index in [-0.39, 0.29) is 59.1 Å². The van der Waals surface area contributed by atoms with Crippen molar-refractivity contribution in [2.45, 2.75) is 90.4 Å². The number of carbonyl (C=O) groups excluding carboxylic acids is 4. The first kappa shape index (κ1) is 45.2. The van der Waals surface area contributed by atoms with Crippen LogP contribution in [0.15, 0.2) is 47.4 Å². The summed E-state index contributed by atoms with van der Waals surface area (Å²) in [4.78, 5) is 81.8. The molecule has 5 aliphatic rings. The SMILES string of the molecule is CNC(=O)COc1cc2cc(Nc3nc(N4CCC(C(C)(C)N5CCC6(CC5)CN(c5c(OC)ccc7c5CN(C5CCC(=O)NC5=O)C7=O)C6)CC4)ncc3Cl)ccc2n(C(C)C)c1=O. The number of hydrogen-bond donors (Lipinski definition) is 3. The lowest BCUT2D eigenvalue weighted by Gasteiger charge is -2.58. The third-order valence-electron chi connectivity index (χ3n) is 14.8. The fourth-order valence-corrected chi connectivity index (χ4v) is 11.1. The van der Waals surface area contributed by atoms with E-state index in [1.54, 1.807) is 34.9 Å². The fourth-order valence-electron chi connectivity index (χ4n) is 10.9. The lowest BCUT2D eigenvalue weighted by Crippen LogP contribution is -2.63. The number of ether oxygens (including phenoxy) is 2. The molecule has 4 fully saturated rings. The quantitative estimate of drug-likeness (QED) is 0.157. The van der Waals surface area contributed by atoms with Gasteiger partial charge >= 0.3 is 0 Å². The normalized spacial score (nSPS) is 20.2. The monoisotopic (exact) mass is 922 g/mol. The molecule has 350 valence electrons. The van der Waals surface area contributed by atoms with E-state index in [2.05, 4.69) is 49.5 Å². The van der Waals surface area contributed by atoms with Gasteiger partial charge in [-0.05, 0) is 115 Å². The van der Waals surface area contributed by atoms with E-state index in [9.17, 15) is 24.0 Å². The molecule has 0 saturated carbocycles. The first-order valence-corrected chi connectivity index (χ1v) is 23.4. The number of likely N-dealkylation sites (tertiary alicyclic amines) is 1. The third-order valence-corrected chi connectivity index (χ3v) is 15.1. The molecule has 4 saturated heterocycles. The zero-order chi connectivity index (χ0) is 46.7. The van der Waals surface area contributed by atoms with Crippen molar-refractivity contribution < 1.29 is 28.7 Å². The van der Waals surface area contributed by atoms with Gasteiger partial charge in [-0.1, -0.05) is 11.6 Å². The van der Waals surface area contributed by atoms with Crippen molar-refractivity contribution in [1.82, 2.24) is 35.0 Å². The fraction of sp³-hybridized carbons (Fsp3) is 0.521. The molecule has 1 atom stereocenters. The number of pyridine rings is 1. The predicted octanol–water partition coefficient (Wildman–Crippen LogP) is 5.26. The largest absolute Gasteiger partial charge is 0.495 e. The number of nitrogens with zero attached hydrogens (tertiary/aromatic N) is 7. The van der Waals surface area contributed by atoms with Gasteiger partial charge in [-0.15, -0.1) is 0 Å². The van der Waals surface area contributed by atoms with Crippen molar-refractivity contribution >= 4 is 69.3 Å². The number of fused-ring (bicyclic) bond motifs is 2. The second kappa shape index (κ2) is 17.7. The van der Waals surface area contributed by atoms with Gasteiger partial charge in [-0.3, -0.25) is 34.2 Å². The molecule has 1 spiro atoms. The molecular weight excluding hydrogens is 864 g/mol. The van der Waals surface area contributed by atoms with Crippen molar-refractivity contribution in [3.63, 3.8) is 0 Å². The number of imide groups is 1. The minimum Gasteiger partial charge on any atom is -0.495 e. The van der Waals surface area contributed by atoms with E-state index in [0.29, 0.717) is 41.2 Å². The summed E-state index contributed by atoms with van der Waals surface area (Å²) in [7, 11) is 3.18. The van der Waals surface area contributed by atoms with Gasteiger partial charge in [0.05, 0.1) is 24.5 Å². The molecule has 4 amide bonds. The molecule has 4 aromatic rings. The Labute approximate surface area is 389 Å². The van der Waals surface area contributed by atoms with Crippen LogP contribution in [0.4, 0.5) is 23.1 Å². The van der Waals surface area contributed by atoms with E-state index in [1.807, 2.05) is 38.1 Å². The highest BCUT2D eigenvalue weighted by Crippen LogP contribution is 2.50. The number of halogens is 1. The van der Waals surface area contributed by atoms with E-state index in [0.717, 1.165) is 98.5 Å². The lowest BCUT2D eigenvalue weighted by atomic mass is 9.69. The van der Waals surface area contributed by atoms with Gasteiger partial charge in [0.1, 0.15) is 16.8 Å². The number of hydrogen-bond acceptors (Lipinski definition) is 13. The Morgan fingerprint density at radius 2 is 1.73 bits per heavy atom. The summed E-state index contributed by atoms with van der Waals surface area (Å²) < 4.78 is 13.2. The highest BCUT2D eigenvalue weighted by atomic mass is 35.5. The Hall–Kier alpha value is -5.94. The summed E-state index contributed by atoms with van der Waals surface area (Å²) in [6.07, 6.45) is 6.34. The van der Waals surface area contributed by atoms with Crippen LogP contribution in [0.2, 0.25) is 5.02 Å². The van der Waals surface area contributed by atoms with E-state index < -0.39 is 11.9 Å². The zero-order valence-corrected chi connectivity index (χ0v) is 39.3. The van der Waals surface area contributed by atoms with Gasteiger partial charge in [-0.2, -0.15) is 4.98 Å². The molecule has 2 aromatic heterocycles. The molecule has 7 heterocycles. The van der Waals surface area contributed by atoms with Crippen LogP contribution in [0.5, 0.6) is 11.5 Å². The first-order chi connectivity index (χ1) is 31.6. The van der Waals surface area contributed by atoms with Crippen molar-refractivity contribution in [3.05, 3.63) is 69.1 Å². The molecule has 17 nitrogen and oxygen atoms in total. The summed E-state index contributed by atoms with van der Waals surface area (Å²) in [6.45, 7) is 14.1. The van der Waals surface area contributed by atoms with Crippen LogP contribution in [0, 0.1) is 11.3 Å². The number of nitrogens with one attached hydrogen (secondary N) is 3. The van der Waals surface area contributed by atoms with Crippen molar-refractivity contribution in [1.29, 1.82) is 0 Å². The molecule has 18 heteroatoms. The lowest BCUT2D eigenvalue weighted by molar-refractivity contribution is -0.137. The minimum atomic E-state index is -0.663. The smallest absolute Gasteiger partial charge is 0.293 e. The number of piperidine rings is 3. The van der Waals surface area contributed by atoms with Crippen LogP contribution in [0.1, 0.15) is 88.2 Å². The Morgan fingerprint density at radius 3 is 2.41 bits per heavy atom. The maximum absolute atomic E-state index is 13.6. The Morgan fingerprint density at radius 1 is 0.985 bits per heavy atom. The molecule has 5 aliphatic heterocycles.